The van der Waals surface area contributed by atoms with Crippen molar-refractivity contribution in [2.45, 2.75) is 95.5 Å². The van der Waals surface area contributed by atoms with E-state index in [9.17, 15) is 29.1 Å². The molecule has 0 aromatic heterocycles. The third-order valence-corrected chi connectivity index (χ3v) is 10.1. The van der Waals surface area contributed by atoms with Crippen LogP contribution in [0.5, 0.6) is 5.75 Å². The van der Waals surface area contributed by atoms with Crippen molar-refractivity contribution >= 4 is 29.6 Å². The fourth-order valence-corrected chi connectivity index (χ4v) is 7.28. The maximum atomic E-state index is 14.4. The predicted octanol–water partition coefficient (Wildman–Crippen LogP) is 4.07. The molecule has 2 saturated carbocycles. The Bertz CT molecular complexity index is 1560. The molecule has 0 bridgehead atoms. The van der Waals surface area contributed by atoms with Crippen molar-refractivity contribution in [2.24, 2.45) is 17.8 Å². The molecule has 3 fully saturated rings. The normalized spacial score (nSPS) is 24.7. The second-order valence-electron chi connectivity index (χ2n) is 14.0. The van der Waals surface area contributed by atoms with Gasteiger partial charge in [-0.3, -0.25) is 19.2 Å². The Labute approximate surface area is 287 Å². The van der Waals surface area contributed by atoms with E-state index in [2.05, 4.69) is 22.5 Å². The highest BCUT2D eigenvalue weighted by atomic mass is 16.5. The molecule has 2 aliphatic carbocycles. The fourth-order valence-electron chi connectivity index (χ4n) is 7.28. The first-order valence-corrected chi connectivity index (χ1v) is 17.3. The zero-order valence-electron chi connectivity index (χ0n) is 28.5. The standard InChI is InChI=1S/C38H48N4O7/c1-5-28-21-38(28,37(47)48)41-34(44)31-20-30(49-29-18-12-17-27(19-29)25-13-8-6-9-14-25)22-42(31)36(46)32(23(2)3)40-35(45)33(39-24(4)43)26-15-10-7-11-16-26/h5-6,8-9,12-14,17-19,23,26,28,30-33H,1,7,10-11,15-16,20-22H2,2-4H3,(H,39,43)(H,40,45)(H,41,44)(H,47,48)/t28-,30-,31+,32+,33+,38-/m1/s1. The summed E-state index contributed by atoms with van der Waals surface area (Å²) in [7, 11) is 0. The van der Waals surface area contributed by atoms with E-state index in [4.69, 9.17) is 4.74 Å². The van der Waals surface area contributed by atoms with Crippen LogP contribution < -0.4 is 20.7 Å². The number of nitrogens with zero attached hydrogens (tertiary/aromatic N) is 1. The number of hydrogen-bond acceptors (Lipinski definition) is 6. The number of aliphatic carboxylic acids is 1. The molecule has 6 atom stereocenters. The first-order valence-electron chi connectivity index (χ1n) is 17.3. The van der Waals surface area contributed by atoms with Gasteiger partial charge in [-0.15, -0.1) is 6.58 Å². The largest absolute Gasteiger partial charge is 0.488 e. The molecule has 262 valence electrons. The van der Waals surface area contributed by atoms with Crippen LogP contribution >= 0.6 is 0 Å². The summed E-state index contributed by atoms with van der Waals surface area (Å²) in [4.78, 5) is 67.7. The maximum Gasteiger partial charge on any atom is 0.330 e. The number of carbonyl (C=O) groups excluding carboxylic acids is 4. The Hall–Kier alpha value is -4.67. The third kappa shape index (κ3) is 8.14. The van der Waals surface area contributed by atoms with Crippen LogP contribution in [0.25, 0.3) is 11.1 Å². The van der Waals surface area contributed by atoms with Gasteiger partial charge in [0.1, 0.15) is 35.5 Å². The first-order chi connectivity index (χ1) is 23.4. The summed E-state index contributed by atoms with van der Waals surface area (Å²) in [5, 5.41) is 18.4. The lowest BCUT2D eigenvalue weighted by atomic mass is 9.83. The van der Waals surface area contributed by atoms with Crippen molar-refractivity contribution in [1.82, 2.24) is 20.9 Å². The van der Waals surface area contributed by atoms with Crippen molar-refractivity contribution in [3.8, 4) is 16.9 Å². The zero-order chi connectivity index (χ0) is 35.3. The summed E-state index contributed by atoms with van der Waals surface area (Å²) in [6.07, 6.45) is 5.86. The molecule has 49 heavy (non-hydrogen) atoms. The van der Waals surface area contributed by atoms with Crippen LogP contribution in [0, 0.1) is 17.8 Å². The Morgan fingerprint density at radius 1 is 0.980 bits per heavy atom. The van der Waals surface area contributed by atoms with Gasteiger partial charge in [0.05, 0.1) is 6.54 Å². The number of nitrogens with one attached hydrogen (secondary N) is 3. The molecule has 2 aromatic carbocycles. The quantitative estimate of drug-likeness (QED) is 0.234. The van der Waals surface area contributed by atoms with Gasteiger partial charge in [0.25, 0.3) is 0 Å². The van der Waals surface area contributed by atoms with Crippen molar-refractivity contribution in [3.05, 3.63) is 67.3 Å². The smallest absolute Gasteiger partial charge is 0.330 e. The average molecular weight is 673 g/mol. The maximum absolute atomic E-state index is 14.4. The molecular weight excluding hydrogens is 624 g/mol. The van der Waals surface area contributed by atoms with Crippen LogP contribution in [-0.4, -0.2) is 75.9 Å². The highest BCUT2D eigenvalue weighted by Crippen LogP contribution is 2.45. The SMILES string of the molecule is C=C[C@@H]1C[C@]1(NC(=O)[C@@H]1C[C@@H](Oc2cccc(-c3ccccc3)c2)CN1C(=O)[C@@H](NC(=O)[C@@H](NC(C)=O)C1CCCCC1)C(C)C)C(=O)O. The van der Waals surface area contributed by atoms with Gasteiger partial charge in [-0.1, -0.05) is 81.7 Å². The molecule has 4 N–H and O–H groups in total. The van der Waals surface area contributed by atoms with Crippen molar-refractivity contribution in [2.75, 3.05) is 6.54 Å². The highest BCUT2D eigenvalue weighted by Gasteiger charge is 2.61. The molecule has 1 saturated heterocycles. The molecule has 1 heterocycles. The van der Waals surface area contributed by atoms with E-state index in [-0.39, 0.29) is 37.1 Å². The van der Waals surface area contributed by atoms with E-state index in [1.165, 1.54) is 17.9 Å². The number of hydrogen-bond donors (Lipinski definition) is 4. The van der Waals surface area contributed by atoms with E-state index in [1.807, 2.05) is 68.4 Å². The van der Waals surface area contributed by atoms with Gasteiger partial charge < -0.3 is 30.7 Å². The van der Waals surface area contributed by atoms with Crippen LogP contribution in [-0.2, 0) is 24.0 Å². The topological polar surface area (TPSA) is 154 Å². The van der Waals surface area contributed by atoms with Crippen LogP contribution in [0.4, 0.5) is 0 Å². The number of rotatable bonds is 13. The summed E-state index contributed by atoms with van der Waals surface area (Å²) in [6.45, 7) is 8.75. The number of ether oxygens (including phenoxy) is 1. The lowest BCUT2D eigenvalue weighted by Crippen LogP contribution is -2.60. The van der Waals surface area contributed by atoms with Crippen molar-refractivity contribution < 1.29 is 33.8 Å². The summed E-state index contributed by atoms with van der Waals surface area (Å²) >= 11 is 0. The van der Waals surface area contributed by atoms with E-state index in [1.54, 1.807) is 0 Å². The molecule has 1 aliphatic heterocycles. The van der Waals surface area contributed by atoms with Gasteiger partial charge in [0.15, 0.2) is 0 Å². The molecule has 0 unspecified atom stereocenters. The Morgan fingerprint density at radius 3 is 2.29 bits per heavy atom. The fraction of sp³-hybridized carbons (Fsp3) is 0.500. The molecule has 0 spiro atoms. The molecule has 4 amide bonds. The monoisotopic (exact) mass is 672 g/mol. The number of carboxylic acid groups (broad SMARTS) is 1. The minimum absolute atomic E-state index is 0.0427. The second kappa shape index (κ2) is 15.3. The Morgan fingerprint density at radius 2 is 1.67 bits per heavy atom. The van der Waals surface area contributed by atoms with Crippen molar-refractivity contribution in [3.63, 3.8) is 0 Å². The number of carboxylic acids is 1. The number of carbonyl (C=O) groups is 5. The molecular formula is C38H48N4O7. The molecule has 5 rings (SSSR count). The summed E-state index contributed by atoms with van der Waals surface area (Å²) in [5.74, 6) is -3.26. The second-order valence-corrected chi connectivity index (χ2v) is 14.0. The van der Waals surface area contributed by atoms with Crippen molar-refractivity contribution in [1.29, 1.82) is 0 Å². The molecule has 3 aliphatic rings. The third-order valence-electron chi connectivity index (χ3n) is 10.1. The molecule has 2 aromatic rings. The number of amides is 4. The lowest BCUT2D eigenvalue weighted by Gasteiger charge is -2.34. The number of likely N-dealkylation sites (tertiary alicyclic amines) is 1. The number of benzene rings is 2. The minimum atomic E-state index is -1.48. The van der Waals surface area contributed by atoms with E-state index in [0.29, 0.717) is 5.75 Å². The van der Waals surface area contributed by atoms with Gasteiger partial charge >= 0.3 is 5.97 Å². The zero-order valence-corrected chi connectivity index (χ0v) is 28.5. The summed E-state index contributed by atoms with van der Waals surface area (Å²) < 4.78 is 6.38. The molecule has 11 nitrogen and oxygen atoms in total. The van der Waals surface area contributed by atoms with Crippen LogP contribution in [0.3, 0.4) is 0 Å². The lowest BCUT2D eigenvalue weighted by molar-refractivity contribution is -0.146. The van der Waals surface area contributed by atoms with E-state index in [0.717, 1.165) is 43.2 Å². The van der Waals surface area contributed by atoms with Gasteiger partial charge in [0.2, 0.25) is 23.6 Å². The Kier molecular flexibility index (Phi) is 11.1. The first kappa shape index (κ1) is 35.6. The average Bonchev–Trinajstić information content (AvgIpc) is 3.66. The van der Waals surface area contributed by atoms with Crippen LogP contribution in [0.2, 0.25) is 0 Å². The Balaban J connectivity index is 1.39. The van der Waals surface area contributed by atoms with Crippen LogP contribution in [0.1, 0.15) is 65.7 Å². The summed E-state index contributed by atoms with van der Waals surface area (Å²) in [6, 6.07) is 14.6. The van der Waals surface area contributed by atoms with E-state index < -0.39 is 59.4 Å². The van der Waals surface area contributed by atoms with Gasteiger partial charge in [0, 0.05) is 19.3 Å². The minimum Gasteiger partial charge on any atom is -0.488 e. The van der Waals surface area contributed by atoms with Crippen LogP contribution in [0.15, 0.2) is 67.3 Å². The molecule has 11 heteroatoms. The highest BCUT2D eigenvalue weighted by molar-refractivity contribution is 5.97. The van der Waals surface area contributed by atoms with Gasteiger partial charge in [-0.25, -0.2) is 4.79 Å². The van der Waals surface area contributed by atoms with Gasteiger partial charge in [-0.05, 0) is 54.4 Å². The van der Waals surface area contributed by atoms with Gasteiger partial charge in [-0.2, -0.15) is 0 Å². The van der Waals surface area contributed by atoms with E-state index >= 15 is 0 Å². The summed E-state index contributed by atoms with van der Waals surface area (Å²) in [5.41, 5.74) is 0.475. The predicted molar refractivity (Wildman–Crippen MR) is 184 cm³/mol. The molecule has 0 radical (unpaired) electrons.